The number of carbonyl (C=O) groups is 1. The first-order valence-electron chi connectivity index (χ1n) is 8.47. The van der Waals surface area contributed by atoms with Crippen LogP contribution in [-0.4, -0.2) is 24.9 Å². The third-order valence-electron chi connectivity index (χ3n) is 4.44. The molecule has 0 saturated heterocycles. The van der Waals surface area contributed by atoms with Gasteiger partial charge in [0.2, 0.25) is 0 Å². The van der Waals surface area contributed by atoms with Crippen molar-refractivity contribution in [2.45, 2.75) is 13.1 Å². The van der Waals surface area contributed by atoms with E-state index in [4.69, 9.17) is 0 Å². The molecule has 0 fully saturated rings. The molecule has 3 rings (SSSR count). The van der Waals surface area contributed by atoms with Crippen LogP contribution in [-0.2, 0) is 6.18 Å². The van der Waals surface area contributed by atoms with E-state index in [2.05, 4.69) is 5.32 Å². The van der Waals surface area contributed by atoms with Crippen molar-refractivity contribution in [3.63, 3.8) is 0 Å². The number of aryl methyl sites for hydroxylation is 1. The topological polar surface area (TPSA) is 32.3 Å². The monoisotopic (exact) mass is 390 g/mol. The van der Waals surface area contributed by atoms with Gasteiger partial charge in [0.15, 0.2) is 0 Å². The fraction of sp³-hybridized carbons (Fsp3) is 0.190. The van der Waals surface area contributed by atoms with E-state index in [1.807, 2.05) is 13.0 Å². The van der Waals surface area contributed by atoms with Crippen molar-refractivity contribution in [3.05, 3.63) is 71.0 Å². The third kappa shape index (κ3) is 3.65. The van der Waals surface area contributed by atoms with E-state index in [-0.39, 0.29) is 11.6 Å². The van der Waals surface area contributed by atoms with E-state index in [1.54, 1.807) is 38.4 Å². The van der Waals surface area contributed by atoms with Gasteiger partial charge in [-0.15, -0.1) is 0 Å². The molecule has 0 aliphatic carbocycles. The molecule has 0 spiro atoms. The number of hydrogen-bond donors (Lipinski definition) is 1. The number of amides is 1. The van der Waals surface area contributed by atoms with Crippen LogP contribution in [0.15, 0.2) is 48.5 Å². The maximum absolute atomic E-state index is 13.5. The summed E-state index contributed by atoms with van der Waals surface area (Å²) in [5.41, 5.74) is 0.648. The van der Waals surface area contributed by atoms with E-state index in [0.717, 1.165) is 17.7 Å². The lowest BCUT2D eigenvalue weighted by Crippen LogP contribution is -2.22. The van der Waals surface area contributed by atoms with Crippen LogP contribution in [0.3, 0.4) is 0 Å². The second-order valence-electron chi connectivity index (χ2n) is 6.68. The van der Waals surface area contributed by atoms with Crippen LogP contribution in [0.25, 0.3) is 10.8 Å². The predicted octanol–water partition coefficient (Wildman–Crippen LogP) is 5.75. The zero-order chi connectivity index (χ0) is 20.6. The molecule has 146 valence electrons. The SMILES string of the molecule is Cc1cccc2c(Nc3ccc(F)c(C(F)(F)F)c3)ccc(C(=O)N(C)C)c12. The largest absolute Gasteiger partial charge is 0.419 e. The molecule has 0 heterocycles. The smallest absolute Gasteiger partial charge is 0.355 e. The van der Waals surface area contributed by atoms with Gasteiger partial charge in [-0.1, -0.05) is 18.2 Å². The third-order valence-corrected chi connectivity index (χ3v) is 4.44. The first-order chi connectivity index (χ1) is 13.1. The van der Waals surface area contributed by atoms with Crippen molar-refractivity contribution >= 4 is 28.1 Å². The van der Waals surface area contributed by atoms with E-state index in [0.29, 0.717) is 22.0 Å². The summed E-state index contributed by atoms with van der Waals surface area (Å²) in [6.45, 7) is 1.86. The first kappa shape index (κ1) is 19.7. The summed E-state index contributed by atoms with van der Waals surface area (Å²) in [5.74, 6) is -1.50. The number of nitrogens with one attached hydrogen (secondary N) is 1. The van der Waals surface area contributed by atoms with Gasteiger partial charge in [0.05, 0.1) is 5.56 Å². The van der Waals surface area contributed by atoms with Crippen molar-refractivity contribution < 1.29 is 22.4 Å². The summed E-state index contributed by atoms with van der Waals surface area (Å²) in [4.78, 5) is 14.0. The van der Waals surface area contributed by atoms with Crippen LogP contribution in [0, 0.1) is 12.7 Å². The molecule has 7 heteroatoms. The quantitative estimate of drug-likeness (QED) is 0.578. The Hall–Kier alpha value is -3.09. The minimum Gasteiger partial charge on any atom is -0.355 e. The molecule has 0 aliphatic heterocycles. The maximum atomic E-state index is 13.5. The van der Waals surface area contributed by atoms with Crippen LogP contribution in [0.1, 0.15) is 21.5 Å². The number of carbonyl (C=O) groups excluding carboxylic acids is 1. The fourth-order valence-electron chi connectivity index (χ4n) is 3.09. The molecule has 28 heavy (non-hydrogen) atoms. The average molecular weight is 390 g/mol. The highest BCUT2D eigenvalue weighted by atomic mass is 19.4. The minimum absolute atomic E-state index is 0.100. The number of fused-ring (bicyclic) bond motifs is 1. The summed E-state index contributed by atoms with van der Waals surface area (Å²) in [5, 5.41) is 4.32. The molecule has 3 aromatic carbocycles. The molecule has 0 aromatic heterocycles. The fourth-order valence-corrected chi connectivity index (χ4v) is 3.09. The van der Waals surface area contributed by atoms with Gasteiger partial charge in [0.25, 0.3) is 5.91 Å². The van der Waals surface area contributed by atoms with Gasteiger partial charge >= 0.3 is 6.18 Å². The number of rotatable bonds is 3. The van der Waals surface area contributed by atoms with Crippen LogP contribution in [0.2, 0.25) is 0 Å². The lowest BCUT2D eigenvalue weighted by atomic mass is 9.97. The Morgan fingerprint density at radius 3 is 2.39 bits per heavy atom. The van der Waals surface area contributed by atoms with Crippen molar-refractivity contribution in [2.75, 3.05) is 19.4 Å². The number of alkyl halides is 3. The maximum Gasteiger partial charge on any atom is 0.419 e. The summed E-state index contributed by atoms with van der Waals surface area (Å²) >= 11 is 0. The number of benzene rings is 3. The highest BCUT2D eigenvalue weighted by Gasteiger charge is 2.34. The van der Waals surface area contributed by atoms with Gasteiger partial charge in [-0.3, -0.25) is 4.79 Å². The highest BCUT2D eigenvalue weighted by Crippen LogP contribution is 2.35. The van der Waals surface area contributed by atoms with Crippen molar-refractivity contribution in [3.8, 4) is 0 Å². The molecular formula is C21H18F4N2O. The lowest BCUT2D eigenvalue weighted by molar-refractivity contribution is -0.139. The Bertz CT molecular complexity index is 1060. The normalized spacial score (nSPS) is 11.5. The number of nitrogens with zero attached hydrogens (tertiary/aromatic N) is 1. The average Bonchev–Trinajstić information content (AvgIpc) is 2.62. The van der Waals surface area contributed by atoms with Gasteiger partial charge in [-0.25, -0.2) is 4.39 Å². The molecule has 0 unspecified atom stereocenters. The summed E-state index contributed by atoms with van der Waals surface area (Å²) in [6, 6.07) is 11.5. The second-order valence-corrected chi connectivity index (χ2v) is 6.68. The van der Waals surface area contributed by atoms with E-state index in [1.165, 1.54) is 11.0 Å². The number of anilines is 2. The Kier molecular flexibility index (Phi) is 5.02. The van der Waals surface area contributed by atoms with Crippen molar-refractivity contribution in [2.24, 2.45) is 0 Å². The molecule has 1 N–H and O–H groups in total. The zero-order valence-corrected chi connectivity index (χ0v) is 15.5. The molecule has 0 bridgehead atoms. The van der Waals surface area contributed by atoms with E-state index in [9.17, 15) is 22.4 Å². The summed E-state index contributed by atoms with van der Waals surface area (Å²) < 4.78 is 52.5. The molecule has 0 aliphatic rings. The highest BCUT2D eigenvalue weighted by molar-refractivity contribution is 6.11. The van der Waals surface area contributed by atoms with Gasteiger partial charge in [-0.05, 0) is 48.2 Å². The molecule has 0 saturated carbocycles. The van der Waals surface area contributed by atoms with Crippen LogP contribution in [0.4, 0.5) is 28.9 Å². The van der Waals surface area contributed by atoms with Crippen LogP contribution >= 0.6 is 0 Å². The molecular weight excluding hydrogens is 372 g/mol. The molecule has 3 aromatic rings. The Morgan fingerprint density at radius 1 is 1.04 bits per heavy atom. The number of hydrogen-bond acceptors (Lipinski definition) is 2. The van der Waals surface area contributed by atoms with Crippen LogP contribution in [0.5, 0.6) is 0 Å². The van der Waals surface area contributed by atoms with Gasteiger partial charge < -0.3 is 10.2 Å². The van der Waals surface area contributed by atoms with Gasteiger partial charge in [0.1, 0.15) is 5.82 Å². The van der Waals surface area contributed by atoms with Gasteiger partial charge in [-0.2, -0.15) is 13.2 Å². The Labute approximate surface area is 159 Å². The van der Waals surface area contributed by atoms with Gasteiger partial charge in [0, 0.05) is 36.4 Å². The van der Waals surface area contributed by atoms with E-state index >= 15 is 0 Å². The van der Waals surface area contributed by atoms with Crippen molar-refractivity contribution in [1.29, 1.82) is 0 Å². The molecule has 0 radical (unpaired) electrons. The zero-order valence-electron chi connectivity index (χ0n) is 15.5. The predicted molar refractivity (Wildman–Crippen MR) is 101 cm³/mol. The number of halogens is 4. The molecule has 3 nitrogen and oxygen atoms in total. The summed E-state index contributed by atoms with van der Waals surface area (Å²) in [7, 11) is 3.30. The lowest BCUT2D eigenvalue weighted by Gasteiger charge is -2.17. The second kappa shape index (κ2) is 7.14. The minimum atomic E-state index is -4.79. The molecule has 1 amide bonds. The Morgan fingerprint density at radius 2 is 1.75 bits per heavy atom. The molecule has 0 atom stereocenters. The summed E-state index contributed by atoms with van der Waals surface area (Å²) in [6.07, 6.45) is -4.79. The first-order valence-corrected chi connectivity index (χ1v) is 8.47. The van der Waals surface area contributed by atoms with Crippen molar-refractivity contribution in [1.82, 2.24) is 4.90 Å². The van der Waals surface area contributed by atoms with Crippen LogP contribution < -0.4 is 5.32 Å². The standard InChI is InChI=1S/C21H18F4N2O/c1-12-5-4-6-14-18(10-8-15(19(12)14)20(28)27(2)3)26-13-7-9-17(22)16(11-13)21(23,24)25/h4-11,26H,1-3H3. The van der Waals surface area contributed by atoms with E-state index < -0.39 is 17.6 Å². The Balaban J connectivity index is 2.12.